The lowest BCUT2D eigenvalue weighted by Gasteiger charge is -2.19. The highest BCUT2D eigenvalue weighted by atomic mass is 35.5. The summed E-state index contributed by atoms with van der Waals surface area (Å²) in [6, 6.07) is 13.3. The number of carbonyl (C=O) groups is 1. The molecule has 2 nitrogen and oxygen atoms in total. The van der Waals surface area contributed by atoms with Crippen molar-refractivity contribution in [1.82, 2.24) is 5.32 Å². The van der Waals surface area contributed by atoms with Crippen molar-refractivity contribution in [2.24, 2.45) is 0 Å². The molecule has 0 fully saturated rings. The van der Waals surface area contributed by atoms with Crippen LogP contribution >= 0.6 is 23.2 Å². The molecule has 1 atom stereocenters. The molecule has 1 heterocycles. The van der Waals surface area contributed by atoms with Crippen LogP contribution in [-0.2, 0) is 6.42 Å². The summed E-state index contributed by atoms with van der Waals surface area (Å²) < 4.78 is 0. The van der Waals surface area contributed by atoms with Crippen molar-refractivity contribution in [2.75, 3.05) is 6.54 Å². The molecule has 1 aliphatic heterocycles. The first-order chi connectivity index (χ1) is 9.66. The summed E-state index contributed by atoms with van der Waals surface area (Å²) in [4.78, 5) is 11.9. The summed E-state index contributed by atoms with van der Waals surface area (Å²) in [6.45, 7) is 0.694. The maximum atomic E-state index is 11.9. The molecule has 1 amide bonds. The Kier molecular flexibility index (Phi) is 3.68. The van der Waals surface area contributed by atoms with Crippen molar-refractivity contribution >= 4 is 29.1 Å². The second-order valence-electron chi connectivity index (χ2n) is 4.81. The van der Waals surface area contributed by atoms with Gasteiger partial charge in [0.2, 0.25) is 0 Å². The lowest BCUT2D eigenvalue weighted by atomic mass is 9.95. The molecule has 0 saturated heterocycles. The van der Waals surface area contributed by atoms with E-state index in [1.165, 1.54) is 0 Å². The topological polar surface area (TPSA) is 29.1 Å². The first kappa shape index (κ1) is 13.5. The molecule has 4 heteroatoms. The molecule has 0 aliphatic carbocycles. The minimum atomic E-state index is -0.358. The molecule has 0 bridgehead atoms. The third-order valence-electron chi connectivity index (χ3n) is 3.53. The van der Waals surface area contributed by atoms with Gasteiger partial charge in [0, 0.05) is 17.1 Å². The fourth-order valence-electron chi connectivity index (χ4n) is 2.45. The predicted octanol–water partition coefficient (Wildman–Crippen LogP) is 3.95. The molecule has 2 aromatic rings. The second kappa shape index (κ2) is 5.47. The van der Waals surface area contributed by atoms with E-state index in [0.717, 1.165) is 23.1 Å². The van der Waals surface area contributed by atoms with Gasteiger partial charge in [0.1, 0.15) is 0 Å². The van der Waals surface area contributed by atoms with Crippen LogP contribution in [0.15, 0.2) is 42.5 Å². The summed E-state index contributed by atoms with van der Waals surface area (Å²) in [6.07, 6.45) is 0.862. The summed E-state index contributed by atoms with van der Waals surface area (Å²) in [7, 11) is 0. The summed E-state index contributed by atoms with van der Waals surface area (Å²) >= 11 is 12.7. The van der Waals surface area contributed by atoms with Crippen molar-refractivity contribution in [3.8, 4) is 0 Å². The van der Waals surface area contributed by atoms with Crippen molar-refractivity contribution in [3.05, 3.63) is 69.7 Å². The van der Waals surface area contributed by atoms with E-state index in [9.17, 15) is 4.79 Å². The van der Waals surface area contributed by atoms with Gasteiger partial charge in [0.25, 0.3) is 5.91 Å². The Morgan fingerprint density at radius 2 is 1.95 bits per heavy atom. The minimum absolute atomic E-state index is 0.0314. The van der Waals surface area contributed by atoms with Crippen LogP contribution in [-0.4, -0.2) is 12.5 Å². The zero-order valence-electron chi connectivity index (χ0n) is 10.7. The lowest BCUT2D eigenvalue weighted by molar-refractivity contribution is 0.0946. The zero-order chi connectivity index (χ0) is 14.1. The van der Waals surface area contributed by atoms with Gasteiger partial charge in [-0.25, -0.2) is 0 Å². The monoisotopic (exact) mass is 305 g/mol. The van der Waals surface area contributed by atoms with Gasteiger partial charge in [-0.1, -0.05) is 41.9 Å². The van der Waals surface area contributed by atoms with Gasteiger partial charge < -0.3 is 5.32 Å². The highest BCUT2D eigenvalue weighted by Crippen LogP contribution is 2.34. The van der Waals surface area contributed by atoms with Crippen LogP contribution in [0.2, 0.25) is 5.02 Å². The van der Waals surface area contributed by atoms with E-state index in [2.05, 4.69) is 5.32 Å². The van der Waals surface area contributed by atoms with Crippen molar-refractivity contribution < 1.29 is 4.79 Å². The molecule has 1 unspecified atom stereocenters. The average Bonchev–Trinajstić information content (AvgIpc) is 2.47. The average molecular weight is 306 g/mol. The van der Waals surface area contributed by atoms with E-state index in [-0.39, 0.29) is 11.3 Å². The van der Waals surface area contributed by atoms with E-state index in [4.69, 9.17) is 23.2 Å². The maximum absolute atomic E-state index is 11.9. The van der Waals surface area contributed by atoms with Gasteiger partial charge in [0.05, 0.1) is 5.38 Å². The number of fused-ring (bicyclic) bond motifs is 1. The Morgan fingerprint density at radius 1 is 1.15 bits per heavy atom. The second-order valence-corrected chi connectivity index (χ2v) is 5.65. The molecule has 102 valence electrons. The largest absolute Gasteiger partial charge is 0.352 e. The molecule has 20 heavy (non-hydrogen) atoms. The molecule has 0 radical (unpaired) electrons. The third-order valence-corrected chi connectivity index (χ3v) is 4.36. The zero-order valence-corrected chi connectivity index (χ0v) is 12.2. The fourth-order valence-corrected chi connectivity index (χ4v) is 3.07. The van der Waals surface area contributed by atoms with Crippen LogP contribution in [0.1, 0.15) is 32.4 Å². The Balaban J connectivity index is 2.01. The standard InChI is InChI=1S/C16H13Cl2NO/c17-14-4-2-1-3-12(14)15(18)11-6-5-10-7-8-19-16(20)13(10)9-11/h1-6,9,15H,7-8H2,(H,19,20). The van der Waals surface area contributed by atoms with E-state index >= 15 is 0 Å². The molecule has 2 aromatic carbocycles. The SMILES string of the molecule is O=C1NCCc2ccc(C(Cl)c3ccccc3Cl)cc21. The van der Waals surface area contributed by atoms with Crippen LogP contribution in [0.25, 0.3) is 0 Å². The number of nitrogens with one attached hydrogen (secondary N) is 1. The maximum Gasteiger partial charge on any atom is 0.251 e. The molecular formula is C16H13Cl2NO. The quantitative estimate of drug-likeness (QED) is 0.836. The Bertz CT molecular complexity index is 669. The van der Waals surface area contributed by atoms with Gasteiger partial charge in [-0.2, -0.15) is 0 Å². The van der Waals surface area contributed by atoms with Crippen LogP contribution in [0.3, 0.4) is 0 Å². The van der Waals surface area contributed by atoms with E-state index in [1.54, 1.807) is 0 Å². The number of hydrogen-bond donors (Lipinski definition) is 1. The van der Waals surface area contributed by atoms with Crippen LogP contribution in [0.4, 0.5) is 0 Å². The molecule has 0 aromatic heterocycles. The summed E-state index contributed by atoms with van der Waals surface area (Å²) in [5, 5.41) is 3.12. The minimum Gasteiger partial charge on any atom is -0.352 e. The summed E-state index contributed by atoms with van der Waals surface area (Å²) in [5.41, 5.74) is 3.52. The third kappa shape index (κ3) is 2.41. The highest BCUT2D eigenvalue weighted by Gasteiger charge is 2.20. The van der Waals surface area contributed by atoms with E-state index in [1.807, 2.05) is 42.5 Å². The van der Waals surface area contributed by atoms with Crippen molar-refractivity contribution in [1.29, 1.82) is 0 Å². The Morgan fingerprint density at radius 3 is 2.75 bits per heavy atom. The number of carbonyl (C=O) groups excluding carboxylic acids is 1. The Labute approximate surface area is 127 Å². The van der Waals surface area contributed by atoms with E-state index in [0.29, 0.717) is 17.1 Å². The molecule has 3 rings (SSSR count). The Hall–Kier alpha value is -1.51. The van der Waals surface area contributed by atoms with Crippen LogP contribution in [0.5, 0.6) is 0 Å². The fraction of sp³-hybridized carbons (Fsp3) is 0.188. The number of hydrogen-bond acceptors (Lipinski definition) is 1. The number of benzene rings is 2. The smallest absolute Gasteiger partial charge is 0.251 e. The molecule has 0 spiro atoms. The molecular weight excluding hydrogens is 293 g/mol. The first-order valence-electron chi connectivity index (χ1n) is 6.46. The van der Waals surface area contributed by atoms with Gasteiger partial charge >= 0.3 is 0 Å². The summed E-state index contributed by atoms with van der Waals surface area (Å²) in [5.74, 6) is -0.0314. The first-order valence-corrected chi connectivity index (χ1v) is 7.28. The van der Waals surface area contributed by atoms with Crippen LogP contribution < -0.4 is 5.32 Å². The number of alkyl halides is 1. The number of rotatable bonds is 2. The van der Waals surface area contributed by atoms with Gasteiger partial charge in [-0.3, -0.25) is 4.79 Å². The van der Waals surface area contributed by atoms with Crippen molar-refractivity contribution in [3.63, 3.8) is 0 Å². The number of halogens is 2. The van der Waals surface area contributed by atoms with Gasteiger partial charge in [-0.15, -0.1) is 11.6 Å². The lowest BCUT2D eigenvalue weighted by Crippen LogP contribution is -2.31. The number of amides is 1. The van der Waals surface area contributed by atoms with E-state index < -0.39 is 0 Å². The predicted molar refractivity (Wildman–Crippen MR) is 81.6 cm³/mol. The highest BCUT2D eigenvalue weighted by molar-refractivity contribution is 6.33. The molecule has 1 aliphatic rings. The molecule has 1 N–H and O–H groups in total. The van der Waals surface area contributed by atoms with Crippen LogP contribution in [0, 0.1) is 0 Å². The van der Waals surface area contributed by atoms with Gasteiger partial charge in [0.15, 0.2) is 0 Å². The molecule has 0 saturated carbocycles. The van der Waals surface area contributed by atoms with Gasteiger partial charge in [-0.05, 0) is 35.2 Å². The van der Waals surface area contributed by atoms with Crippen molar-refractivity contribution in [2.45, 2.75) is 11.8 Å². The normalized spacial score (nSPS) is 15.4.